The number of ketones is 1. The van der Waals surface area contributed by atoms with Gasteiger partial charge in [0.15, 0.2) is 0 Å². The molecule has 2 bridgehead atoms. The molecule has 0 aromatic heterocycles. The number of fused-ring (bicyclic) bond motifs is 5. The highest BCUT2D eigenvalue weighted by Gasteiger charge is 2.43. The van der Waals surface area contributed by atoms with Crippen LogP contribution in [0.1, 0.15) is 29.9 Å². The zero-order chi connectivity index (χ0) is 17.0. The highest BCUT2D eigenvalue weighted by Crippen LogP contribution is 2.47. The van der Waals surface area contributed by atoms with E-state index in [1.54, 1.807) is 0 Å². The molecule has 2 aromatic carbocycles. The minimum absolute atomic E-state index is 0.0950. The number of Topliss-reactive ketones (excluding diaryl/α,β-unsaturated/α-hetero) is 1. The molecule has 0 saturated carbocycles. The first kappa shape index (κ1) is 15.3. The van der Waals surface area contributed by atoms with Crippen molar-refractivity contribution in [2.24, 2.45) is 5.92 Å². The molecule has 2 unspecified atom stereocenters. The van der Waals surface area contributed by atoms with Crippen LogP contribution < -0.4 is 0 Å². The molecule has 2 aliphatic heterocycles. The second-order valence-electron chi connectivity index (χ2n) is 7.69. The van der Waals surface area contributed by atoms with Crippen LogP contribution in [-0.4, -0.2) is 43.0 Å². The average Bonchev–Trinajstić information content (AvgIpc) is 2.95. The molecule has 3 nitrogen and oxygen atoms in total. The van der Waals surface area contributed by atoms with Crippen LogP contribution in [0.3, 0.4) is 0 Å². The van der Waals surface area contributed by atoms with Crippen LogP contribution >= 0.6 is 0 Å². The summed E-state index contributed by atoms with van der Waals surface area (Å²) in [7, 11) is 2.18. The highest BCUT2D eigenvalue weighted by atomic mass is 16.5. The first-order valence-corrected chi connectivity index (χ1v) is 9.25. The van der Waals surface area contributed by atoms with Gasteiger partial charge in [-0.3, -0.25) is 9.69 Å². The van der Waals surface area contributed by atoms with Crippen LogP contribution in [0.15, 0.2) is 48.5 Å². The Hall–Kier alpha value is -1.97. The Morgan fingerprint density at radius 2 is 1.44 bits per heavy atom. The van der Waals surface area contributed by atoms with Crippen LogP contribution in [0, 0.1) is 5.92 Å². The van der Waals surface area contributed by atoms with Gasteiger partial charge in [0.1, 0.15) is 5.78 Å². The van der Waals surface area contributed by atoms with Crippen molar-refractivity contribution in [1.82, 2.24) is 4.90 Å². The summed E-state index contributed by atoms with van der Waals surface area (Å²) in [6.07, 6.45) is 1.85. The van der Waals surface area contributed by atoms with Crippen molar-refractivity contribution in [3.63, 3.8) is 0 Å². The van der Waals surface area contributed by atoms with Gasteiger partial charge in [0.25, 0.3) is 0 Å². The molecule has 2 aromatic rings. The monoisotopic (exact) mass is 333 g/mol. The molecule has 0 amide bonds. The third-order valence-electron chi connectivity index (χ3n) is 6.41. The smallest absolute Gasteiger partial charge is 0.147 e. The van der Waals surface area contributed by atoms with E-state index in [-0.39, 0.29) is 11.8 Å². The second-order valence-corrected chi connectivity index (χ2v) is 7.69. The first-order valence-electron chi connectivity index (χ1n) is 9.25. The first-order chi connectivity index (χ1) is 12.2. The minimum Gasteiger partial charge on any atom is -0.378 e. The van der Waals surface area contributed by atoms with Crippen molar-refractivity contribution < 1.29 is 9.53 Å². The largest absolute Gasteiger partial charge is 0.378 e. The van der Waals surface area contributed by atoms with Gasteiger partial charge in [-0.2, -0.15) is 0 Å². The number of hydrogen-bond donors (Lipinski definition) is 0. The zero-order valence-electron chi connectivity index (χ0n) is 14.5. The van der Waals surface area contributed by atoms with Gasteiger partial charge < -0.3 is 4.74 Å². The molecule has 0 spiro atoms. The molecule has 2 heterocycles. The van der Waals surface area contributed by atoms with Gasteiger partial charge >= 0.3 is 0 Å². The molecule has 25 heavy (non-hydrogen) atoms. The van der Waals surface area contributed by atoms with Crippen molar-refractivity contribution >= 4 is 5.78 Å². The number of rotatable bonds is 2. The number of morpholine rings is 1. The summed E-state index contributed by atoms with van der Waals surface area (Å²) in [6.45, 7) is 1.52. The zero-order valence-corrected chi connectivity index (χ0v) is 14.5. The Morgan fingerprint density at radius 1 is 0.920 bits per heavy atom. The van der Waals surface area contributed by atoms with E-state index in [2.05, 4.69) is 60.5 Å². The Balaban J connectivity index is 1.52. The van der Waals surface area contributed by atoms with Gasteiger partial charge in [-0.05, 0) is 42.1 Å². The van der Waals surface area contributed by atoms with Gasteiger partial charge in [0.2, 0.25) is 0 Å². The lowest BCUT2D eigenvalue weighted by molar-refractivity contribution is -0.131. The van der Waals surface area contributed by atoms with E-state index in [1.165, 1.54) is 22.3 Å². The van der Waals surface area contributed by atoms with E-state index in [1.807, 2.05) is 0 Å². The molecule has 2 fully saturated rings. The minimum atomic E-state index is -0.0950. The van der Waals surface area contributed by atoms with Crippen LogP contribution in [0.2, 0.25) is 0 Å². The van der Waals surface area contributed by atoms with Gasteiger partial charge in [-0.25, -0.2) is 0 Å². The molecule has 3 aliphatic rings. The number of nitrogens with zero attached hydrogens (tertiary/aromatic N) is 1. The third-order valence-corrected chi connectivity index (χ3v) is 6.41. The van der Waals surface area contributed by atoms with E-state index in [4.69, 9.17) is 4.74 Å². The number of ether oxygens (including phenoxy) is 1. The summed E-state index contributed by atoms with van der Waals surface area (Å²) in [5.74, 6) is 0.448. The summed E-state index contributed by atoms with van der Waals surface area (Å²) in [5.41, 5.74) is 4.84. The van der Waals surface area contributed by atoms with Crippen molar-refractivity contribution in [3.05, 3.63) is 59.7 Å². The standard InChI is InChI=1S/C22H23NO2/c1-23-15-10-14(11-16(23)13-25-12-15)22(24)21-19-8-4-2-6-17(19)18-7-3-5-9-20(18)21/h2-9,14-16,21H,10-13H2,1H3. The Labute approximate surface area is 148 Å². The lowest BCUT2D eigenvalue weighted by Gasteiger charge is -2.46. The molecule has 5 rings (SSSR count). The van der Waals surface area contributed by atoms with Gasteiger partial charge in [-0.15, -0.1) is 0 Å². The lowest BCUT2D eigenvalue weighted by Crippen LogP contribution is -2.56. The van der Waals surface area contributed by atoms with Gasteiger partial charge in [-0.1, -0.05) is 48.5 Å². The molecule has 1 aliphatic carbocycles. The van der Waals surface area contributed by atoms with Crippen molar-refractivity contribution in [3.8, 4) is 11.1 Å². The fourth-order valence-electron chi connectivity index (χ4n) is 5.03. The van der Waals surface area contributed by atoms with Crippen LogP contribution in [-0.2, 0) is 9.53 Å². The second kappa shape index (κ2) is 5.79. The van der Waals surface area contributed by atoms with Crippen molar-refractivity contribution in [1.29, 1.82) is 0 Å². The Bertz CT molecular complexity index is 771. The normalized spacial score (nSPS) is 28.4. The molecule has 0 N–H and O–H groups in total. The van der Waals surface area contributed by atoms with Crippen LogP contribution in [0.4, 0.5) is 0 Å². The average molecular weight is 333 g/mol. The fraction of sp³-hybridized carbons (Fsp3) is 0.409. The third kappa shape index (κ3) is 2.30. The fourth-order valence-corrected chi connectivity index (χ4v) is 5.03. The number of piperidine rings is 1. The summed E-state index contributed by atoms with van der Waals surface area (Å²) in [5, 5.41) is 0. The molecule has 3 heteroatoms. The van der Waals surface area contributed by atoms with Crippen LogP contribution in [0.5, 0.6) is 0 Å². The summed E-state index contributed by atoms with van der Waals surface area (Å²) in [4.78, 5) is 16.0. The van der Waals surface area contributed by atoms with E-state index < -0.39 is 0 Å². The number of benzene rings is 2. The van der Waals surface area contributed by atoms with E-state index >= 15 is 0 Å². The maximum atomic E-state index is 13.6. The molecular weight excluding hydrogens is 310 g/mol. The Morgan fingerprint density at radius 3 is 2.00 bits per heavy atom. The maximum absolute atomic E-state index is 13.6. The molecule has 0 radical (unpaired) electrons. The molecular formula is C22H23NO2. The van der Waals surface area contributed by atoms with E-state index in [0.29, 0.717) is 17.9 Å². The quantitative estimate of drug-likeness (QED) is 0.843. The summed E-state index contributed by atoms with van der Waals surface area (Å²) < 4.78 is 5.72. The van der Waals surface area contributed by atoms with E-state index in [0.717, 1.165) is 26.1 Å². The number of hydrogen-bond acceptors (Lipinski definition) is 3. The number of carbonyl (C=O) groups is 1. The van der Waals surface area contributed by atoms with Crippen LogP contribution in [0.25, 0.3) is 11.1 Å². The molecule has 128 valence electrons. The SMILES string of the molecule is CN1C2COCC1CC(C(=O)C1c3ccccc3-c3ccccc31)C2. The van der Waals surface area contributed by atoms with Crippen molar-refractivity contribution in [2.75, 3.05) is 20.3 Å². The number of likely N-dealkylation sites (N-methyl/N-ethyl adjacent to an activating group) is 1. The lowest BCUT2D eigenvalue weighted by atomic mass is 9.77. The van der Waals surface area contributed by atoms with Crippen molar-refractivity contribution in [2.45, 2.75) is 30.8 Å². The predicted octanol–water partition coefficient (Wildman–Crippen LogP) is 3.48. The maximum Gasteiger partial charge on any atom is 0.147 e. The molecule has 2 atom stereocenters. The number of carbonyl (C=O) groups excluding carboxylic acids is 1. The Kier molecular flexibility index (Phi) is 3.54. The topological polar surface area (TPSA) is 29.5 Å². The summed E-state index contributed by atoms with van der Waals surface area (Å²) in [6, 6.07) is 17.6. The summed E-state index contributed by atoms with van der Waals surface area (Å²) >= 11 is 0. The van der Waals surface area contributed by atoms with E-state index in [9.17, 15) is 4.79 Å². The molecule has 2 saturated heterocycles. The predicted molar refractivity (Wildman–Crippen MR) is 97.6 cm³/mol. The van der Waals surface area contributed by atoms with Gasteiger partial charge in [0, 0.05) is 18.0 Å². The van der Waals surface area contributed by atoms with Gasteiger partial charge in [0.05, 0.1) is 19.1 Å². The highest BCUT2D eigenvalue weighted by molar-refractivity contribution is 5.98.